The normalized spacial score (nSPS) is 11.8. The predicted molar refractivity (Wildman–Crippen MR) is 81.5 cm³/mol. The van der Waals surface area contributed by atoms with Gasteiger partial charge in [-0.1, -0.05) is 20.8 Å². The minimum Gasteiger partial charge on any atom is -0.478 e. The van der Waals surface area contributed by atoms with Crippen molar-refractivity contribution in [3.8, 4) is 0 Å². The third-order valence-corrected chi connectivity index (χ3v) is 4.23. The van der Waals surface area contributed by atoms with Crippen LogP contribution in [0.4, 0.5) is 0 Å². The summed E-state index contributed by atoms with van der Waals surface area (Å²) in [5, 5.41) is 10.5. The van der Waals surface area contributed by atoms with Gasteiger partial charge in [-0.2, -0.15) is 0 Å². The van der Waals surface area contributed by atoms with Crippen LogP contribution in [-0.2, 0) is 16.1 Å². The Kier molecular flexibility index (Phi) is 5.51. The molecular formula is C15H21NO3S. The monoisotopic (exact) mass is 295 g/mol. The highest BCUT2D eigenvalue weighted by molar-refractivity contribution is 7.10. The van der Waals surface area contributed by atoms with Crippen molar-refractivity contribution in [1.82, 2.24) is 4.90 Å². The summed E-state index contributed by atoms with van der Waals surface area (Å²) >= 11 is 1.53. The standard InChI is InChI=1S/C15H21NO3S/c1-5-15(2,3)14(19)16(4)9-12-8-11(10-20-12)6-7-13(17)18/h6-8,10H,5,9H2,1-4H3,(H,17,18). The summed E-state index contributed by atoms with van der Waals surface area (Å²) in [7, 11) is 1.80. The Bertz CT molecular complexity index is 517. The first-order valence-electron chi connectivity index (χ1n) is 6.50. The van der Waals surface area contributed by atoms with Crippen LogP contribution in [0, 0.1) is 5.41 Å². The number of amides is 1. The summed E-state index contributed by atoms with van der Waals surface area (Å²) in [4.78, 5) is 25.5. The molecule has 0 unspecified atom stereocenters. The molecule has 0 saturated carbocycles. The third-order valence-electron chi connectivity index (χ3n) is 3.29. The van der Waals surface area contributed by atoms with Crippen molar-refractivity contribution in [2.45, 2.75) is 33.7 Å². The molecule has 110 valence electrons. The molecule has 1 heterocycles. The first-order valence-corrected chi connectivity index (χ1v) is 7.38. The lowest BCUT2D eigenvalue weighted by Gasteiger charge is -2.28. The van der Waals surface area contributed by atoms with Crippen molar-refractivity contribution in [2.24, 2.45) is 5.41 Å². The van der Waals surface area contributed by atoms with Gasteiger partial charge < -0.3 is 10.0 Å². The molecule has 1 N–H and O–H groups in total. The Labute approximate surface area is 123 Å². The maximum Gasteiger partial charge on any atom is 0.328 e. The van der Waals surface area contributed by atoms with Crippen LogP contribution in [-0.4, -0.2) is 28.9 Å². The smallest absolute Gasteiger partial charge is 0.328 e. The number of carbonyl (C=O) groups excluding carboxylic acids is 1. The number of hydrogen-bond donors (Lipinski definition) is 1. The van der Waals surface area contributed by atoms with E-state index in [1.807, 2.05) is 32.2 Å². The first kappa shape index (κ1) is 16.4. The van der Waals surface area contributed by atoms with E-state index in [0.717, 1.165) is 22.9 Å². The van der Waals surface area contributed by atoms with Crippen molar-refractivity contribution in [3.05, 3.63) is 28.0 Å². The largest absolute Gasteiger partial charge is 0.478 e. The van der Waals surface area contributed by atoms with Crippen LogP contribution in [0.25, 0.3) is 6.08 Å². The molecule has 5 heteroatoms. The fourth-order valence-corrected chi connectivity index (χ4v) is 2.62. The van der Waals surface area contributed by atoms with Crippen molar-refractivity contribution in [3.63, 3.8) is 0 Å². The van der Waals surface area contributed by atoms with E-state index in [0.29, 0.717) is 6.54 Å². The minimum atomic E-state index is -0.963. The summed E-state index contributed by atoms with van der Waals surface area (Å²) in [5.41, 5.74) is 0.501. The van der Waals surface area contributed by atoms with Crippen LogP contribution in [0.5, 0.6) is 0 Å². The van der Waals surface area contributed by atoms with Gasteiger partial charge in [0.1, 0.15) is 0 Å². The van der Waals surface area contributed by atoms with Crippen molar-refractivity contribution in [2.75, 3.05) is 7.05 Å². The average molecular weight is 295 g/mol. The molecular weight excluding hydrogens is 274 g/mol. The molecule has 0 radical (unpaired) electrons. The Balaban J connectivity index is 2.70. The van der Waals surface area contributed by atoms with Gasteiger partial charge in [-0.15, -0.1) is 11.3 Å². The number of aliphatic carboxylic acids is 1. The zero-order valence-corrected chi connectivity index (χ0v) is 13.2. The molecule has 0 aliphatic heterocycles. The van der Waals surface area contributed by atoms with Crippen molar-refractivity contribution >= 4 is 29.3 Å². The maximum absolute atomic E-state index is 12.3. The van der Waals surface area contributed by atoms with E-state index in [1.165, 1.54) is 11.3 Å². The van der Waals surface area contributed by atoms with E-state index in [9.17, 15) is 9.59 Å². The van der Waals surface area contributed by atoms with Crippen LogP contribution in [0.1, 0.15) is 37.6 Å². The van der Waals surface area contributed by atoms with Crippen LogP contribution < -0.4 is 0 Å². The highest BCUT2D eigenvalue weighted by Crippen LogP contribution is 2.24. The predicted octanol–water partition coefficient (Wildman–Crippen LogP) is 3.24. The summed E-state index contributed by atoms with van der Waals surface area (Å²) < 4.78 is 0. The quantitative estimate of drug-likeness (QED) is 0.820. The fraction of sp³-hybridized carbons (Fsp3) is 0.467. The maximum atomic E-state index is 12.3. The SMILES string of the molecule is CCC(C)(C)C(=O)N(C)Cc1cc(C=CC(=O)O)cs1. The van der Waals surface area contributed by atoms with E-state index < -0.39 is 5.97 Å². The van der Waals surface area contributed by atoms with Gasteiger partial charge in [0.05, 0.1) is 6.54 Å². The Hall–Kier alpha value is -1.62. The topological polar surface area (TPSA) is 57.6 Å². The molecule has 1 amide bonds. The summed E-state index contributed by atoms with van der Waals surface area (Å²) in [6.07, 6.45) is 3.47. The number of nitrogens with zero attached hydrogens (tertiary/aromatic N) is 1. The molecule has 0 aromatic carbocycles. The molecule has 1 aromatic rings. The summed E-state index contributed by atoms with van der Waals surface area (Å²) in [6, 6.07) is 1.91. The average Bonchev–Trinajstić information content (AvgIpc) is 2.82. The van der Waals surface area contributed by atoms with Gasteiger partial charge in [0.15, 0.2) is 0 Å². The number of carbonyl (C=O) groups is 2. The summed E-state index contributed by atoms with van der Waals surface area (Å²) in [5.74, 6) is -0.842. The lowest BCUT2D eigenvalue weighted by molar-refractivity contribution is -0.139. The second-order valence-corrected chi connectivity index (χ2v) is 6.41. The van der Waals surface area contributed by atoms with Crippen LogP contribution >= 0.6 is 11.3 Å². The Morgan fingerprint density at radius 3 is 2.65 bits per heavy atom. The number of carboxylic acids is 1. The van der Waals surface area contributed by atoms with Gasteiger partial charge in [-0.25, -0.2) is 4.79 Å². The van der Waals surface area contributed by atoms with Gasteiger partial charge in [-0.3, -0.25) is 4.79 Å². The molecule has 20 heavy (non-hydrogen) atoms. The van der Waals surface area contributed by atoms with Crippen LogP contribution in [0.3, 0.4) is 0 Å². The molecule has 0 spiro atoms. The zero-order chi connectivity index (χ0) is 15.3. The van der Waals surface area contributed by atoms with E-state index in [4.69, 9.17) is 5.11 Å². The molecule has 0 aliphatic rings. The molecule has 1 rings (SSSR count). The number of thiophene rings is 1. The van der Waals surface area contributed by atoms with Crippen molar-refractivity contribution in [1.29, 1.82) is 0 Å². The molecule has 0 aliphatic carbocycles. The van der Waals surface area contributed by atoms with Crippen LogP contribution in [0.15, 0.2) is 17.5 Å². The molecule has 1 aromatic heterocycles. The van der Waals surface area contributed by atoms with E-state index in [2.05, 4.69) is 0 Å². The molecule has 0 saturated heterocycles. The first-order chi connectivity index (χ1) is 9.26. The number of rotatable bonds is 6. The third kappa shape index (κ3) is 4.49. The van der Waals surface area contributed by atoms with Gasteiger partial charge in [0.2, 0.25) is 5.91 Å². The van der Waals surface area contributed by atoms with Gasteiger partial charge >= 0.3 is 5.97 Å². The molecule has 0 bridgehead atoms. The fourth-order valence-electron chi connectivity index (χ4n) is 1.71. The zero-order valence-electron chi connectivity index (χ0n) is 12.3. The van der Waals surface area contributed by atoms with Crippen LogP contribution in [0.2, 0.25) is 0 Å². The van der Waals surface area contributed by atoms with E-state index in [-0.39, 0.29) is 11.3 Å². The molecule has 0 fully saturated rings. The Morgan fingerprint density at radius 2 is 2.10 bits per heavy atom. The molecule has 0 atom stereocenters. The van der Waals surface area contributed by atoms with Gasteiger partial charge in [-0.05, 0) is 29.5 Å². The highest BCUT2D eigenvalue weighted by Gasteiger charge is 2.28. The van der Waals surface area contributed by atoms with E-state index >= 15 is 0 Å². The minimum absolute atomic E-state index is 0.121. The second-order valence-electron chi connectivity index (χ2n) is 5.42. The second kappa shape index (κ2) is 6.70. The lowest BCUT2D eigenvalue weighted by atomic mass is 9.89. The van der Waals surface area contributed by atoms with Gasteiger partial charge in [0.25, 0.3) is 0 Å². The highest BCUT2D eigenvalue weighted by atomic mass is 32.1. The lowest BCUT2D eigenvalue weighted by Crippen LogP contribution is -2.37. The van der Waals surface area contributed by atoms with Crippen molar-refractivity contribution < 1.29 is 14.7 Å². The number of hydrogen-bond acceptors (Lipinski definition) is 3. The Morgan fingerprint density at radius 1 is 1.45 bits per heavy atom. The molecule has 4 nitrogen and oxygen atoms in total. The number of carboxylic acid groups (broad SMARTS) is 1. The van der Waals surface area contributed by atoms with E-state index in [1.54, 1.807) is 18.0 Å². The van der Waals surface area contributed by atoms with Gasteiger partial charge in [0, 0.05) is 23.4 Å². The summed E-state index contributed by atoms with van der Waals surface area (Å²) in [6.45, 7) is 6.45.